The first-order valence-corrected chi connectivity index (χ1v) is 4.49. The normalized spacial score (nSPS) is 9.13. The Kier molecular flexibility index (Phi) is 3.88. The number of anilines is 1. The molecule has 0 aliphatic heterocycles. The first kappa shape index (κ1) is 11.3. The van der Waals surface area contributed by atoms with Crippen LogP contribution in [-0.4, -0.2) is 11.9 Å². The molecule has 0 aliphatic rings. The van der Waals surface area contributed by atoms with Crippen LogP contribution in [0, 0.1) is 0 Å². The van der Waals surface area contributed by atoms with Crippen LogP contribution in [0.3, 0.4) is 0 Å². The smallest absolute Gasteiger partial charge is 0.308 e. The van der Waals surface area contributed by atoms with E-state index in [4.69, 9.17) is 11.6 Å². The maximum absolute atomic E-state index is 11.1. The summed E-state index contributed by atoms with van der Waals surface area (Å²) in [4.78, 5) is 21.9. The Morgan fingerprint density at radius 2 is 1.87 bits per heavy atom. The van der Waals surface area contributed by atoms with Crippen molar-refractivity contribution in [3.63, 3.8) is 0 Å². The van der Waals surface area contributed by atoms with Gasteiger partial charge in [0.2, 0.25) is 0 Å². The third-order valence-electron chi connectivity index (χ3n) is 1.52. The van der Waals surface area contributed by atoms with Crippen LogP contribution >= 0.6 is 11.6 Å². The number of carbonyl (C=O) groups excluding carboxylic acids is 2. The molecule has 0 radical (unpaired) electrons. The minimum absolute atomic E-state index is 0.550. The number of rotatable bonds is 2. The van der Waals surface area contributed by atoms with Crippen molar-refractivity contribution in [2.24, 2.45) is 0 Å². The van der Waals surface area contributed by atoms with Gasteiger partial charge >= 0.3 is 6.03 Å². The molecule has 3 amide bonds. The summed E-state index contributed by atoms with van der Waals surface area (Å²) in [6.45, 7) is 3.22. The summed E-state index contributed by atoms with van der Waals surface area (Å²) < 4.78 is 0. The molecule has 0 saturated heterocycles. The third kappa shape index (κ3) is 3.83. The van der Waals surface area contributed by atoms with Crippen LogP contribution in [0.15, 0.2) is 36.9 Å². The first-order valence-electron chi connectivity index (χ1n) is 4.12. The molecular formula is C10H9ClN2O2. The maximum atomic E-state index is 11.1. The van der Waals surface area contributed by atoms with Gasteiger partial charge in [0, 0.05) is 10.7 Å². The molecule has 0 saturated carbocycles. The lowest BCUT2D eigenvalue weighted by Crippen LogP contribution is -2.32. The van der Waals surface area contributed by atoms with E-state index in [1.165, 1.54) is 0 Å². The lowest BCUT2D eigenvalue weighted by Gasteiger charge is -2.04. The first-order chi connectivity index (χ1) is 7.11. The number of hydrogen-bond donors (Lipinski definition) is 2. The van der Waals surface area contributed by atoms with E-state index in [9.17, 15) is 9.59 Å². The predicted molar refractivity (Wildman–Crippen MR) is 58.8 cm³/mol. The van der Waals surface area contributed by atoms with Gasteiger partial charge in [-0.05, 0) is 30.3 Å². The van der Waals surface area contributed by atoms with E-state index >= 15 is 0 Å². The summed E-state index contributed by atoms with van der Waals surface area (Å²) in [5, 5.41) is 5.08. The molecule has 4 nitrogen and oxygen atoms in total. The molecule has 2 N–H and O–H groups in total. The maximum Gasteiger partial charge on any atom is 0.326 e. The molecule has 0 aromatic heterocycles. The molecule has 0 spiro atoms. The monoisotopic (exact) mass is 224 g/mol. The van der Waals surface area contributed by atoms with Crippen LogP contribution in [0.2, 0.25) is 5.02 Å². The zero-order chi connectivity index (χ0) is 11.3. The molecule has 0 aliphatic carbocycles. The Morgan fingerprint density at radius 3 is 2.40 bits per heavy atom. The number of nitrogens with one attached hydrogen (secondary N) is 2. The van der Waals surface area contributed by atoms with Gasteiger partial charge in [0.15, 0.2) is 0 Å². The van der Waals surface area contributed by atoms with Crippen LogP contribution in [-0.2, 0) is 4.79 Å². The van der Waals surface area contributed by atoms with Crippen LogP contribution in [0.4, 0.5) is 10.5 Å². The van der Waals surface area contributed by atoms with Crippen LogP contribution in [0.1, 0.15) is 0 Å². The van der Waals surface area contributed by atoms with Crippen LogP contribution < -0.4 is 10.6 Å². The van der Waals surface area contributed by atoms with Crippen molar-refractivity contribution in [3.05, 3.63) is 41.9 Å². The summed E-state index contributed by atoms with van der Waals surface area (Å²) in [6, 6.07) is 5.90. The van der Waals surface area contributed by atoms with Crippen molar-refractivity contribution >= 4 is 29.2 Å². The highest BCUT2D eigenvalue weighted by molar-refractivity contribution is 6.30. The van der Waals surface area contributed by atoms with Crippen molar-refractivity contribution < 1.29 is 9.59 Å². The number of halogens is 1. The summed E-state index contributed by atoms with van der Waals surface area (Å²) in [5.41, 5.74) is 0.550. The van der Waals surface area contributed by atoms with Crippen molar-refractivity contribution in [1.82, 2.24) is 5.32 Å². The summed E-state index contributed by atoms with van der Waals surface area (Å²) in [5.74, 6) is -0.554. The fourth-order valence-corrected chi connectivity index (χ4v) is 0.984. The fraction of sp³-hybridized carbons (Fsp3) is 0. The highest BCUT2D eigenvalue weighted by Gasteiger charge is 2.03. The van der Waals surface area contributed by atoms with Gasteiger partial charge < -0.3 is 5.32 Å². The Labute approximate surface area is 91.9 Å². The Balaban J connectivity index is 2.55. The minimum atomic E-state index is -0.609. The second kappa shape index (κ2) is 5.17. The lowest BCUT2D eigenvalue weighted by molar-refractivity contribution is -0.115. The fourth-order valence-electron chi connectivity index (χ4n) is 0.858. The van der Waals surface area contributed by atoms with E-state index in [-0.39, 0.29) is 0 Å². The van der Waals surface area contributed by atoms with E-state index in [1.54, 1.807) is 24.3 Å². The van der Waals surface area contributed by atoms with Gasteiger partial charge in [-0.1, -0.05) is 18.2 Å². The standard InChI is InChI=1S/C10H9ClN2O2/c1-2-9(14)13-10(15)12-8-5-3-7(11)4-6-8/h2-6H,1H2,(H2,12,13,14,15). The molecule has 1 aromatic carbocycles. The third-order valence-corrected chi connectivity index (χ3v) is 1.78. The van der Waals surface area contributed by atoms with E-state index in [2.05, 4.69) is 17.2 Å². The lowest BCUT2D eigenvalue weighted by atomic mass is 10.3. The van der Waals surface area contributed by atoms with Gasteiger partial charge in [-0.3, -0.25) is 10.1 Å². The molecule has 0 heterocycles. The average molecular weight is 225 g/mol. The van der Waals surface area contributed by atoms with E-state index in [0.29, 0.717) is 10.7 Å². The molecule has 0 atom stereocenters. The minimum Gasteiger partial charge on any atom is -0.308 e. The molecule has 78 valence electrons. The molecular weight excluding hydrogens is 216 g/mol. The second-order valence-corrected chi connectivity index (χ2v) is 3.09. The van der Waals surface area contributed by atoms with Gasteiger partial charge in [-0.15, -0.1) is 0 Å². The molecule has 0 fully saturated rings. The number of imide groups is 1. The number of carbonyl (C=O) groups is 2. The van der Waals surface area contributed by atoms with Crippen molar-refractivity contribution in [2.45, 2.75) is 0 Å². The molecule has 15 heavy (non-hydrogen) atoms. The van der Waals surface area contributed by atoms with Gasteiger partial charge in [0.25, 0.3) is 5.91 Å². The molecule has 5 heteroatoms. The number of urea groups is 1. The number of hydrogen-bond acceptors (Lipinski definition) is 2. The summed E-state index contributed by atoms with van der Waals surface area (Å²) in [7, 11) is 0. The van der Waals surface area contributed by atoms with Gasteiger partial charge in [0.05, 0.1) is 0 Å². The summed E-state index contributed by atoms with van der Waals surface area (Å²) in [6.07, 6.45) is 1.02. The van der Waals surface area contributed by atoms with Crippen LogP contribution in [0.5, 0.6) is 0 Å². The summed E-state index contributed by atoms with van der Waals surface area (Å²) >= 11 is 5.66. The van der Waals surface area contributed by atoms with Gasteiger partial charge in [-0.25, -0.2) is 4.79 Å². The van der Waals surface area contributed by atoms with Crippen molar-refractivity contribution in [2.75, 3.05) is 5.32 Å². The largest absolute Gasteiger partial charge is 0.326 e. The Hall–Kier alpha value is -1.81. The topological polar surface area (TPSA) is 58.2 Å². The number of amides is 3. The zero-order valence-corrected chi connectivity index (χ0v) is 8.54. The van der Waals surface area contributed by atoms with Crippen LogP contribution in [0.25, 0.3) is 0 Å². The molecule has 0 bridgehead atoms. The second-order valence-electron chi connectivity index (χ2n) is 2.65. The highest BCUT2D eigenvalue weighted by atomic mass is 35.5. The predicted octanol–water partition coefficient (Wildman–Crippen LogP) is 2.17. The van der Waals surface area contributed by atoms with E-state index in [0.717, 1.165) is 6.08 Å². The Morgan fingerprint density at radius 1 is 1.27 bits per heavy atom. The zero-order valence-electron chi connectivity index (χ0n) is 7.79. The van der Waals surface area contributed by atoms with E-state index < -0.39 is 11.9 Å². The van der Waals surface area contributed by atoms with Crippen molar-refractivity contribution in [1.29, 1.82) is 0 Å². The molecule has 0 unspecified atom stereocenters. The Bertz CT molecular complexity index is 387. The number of benzene rings is 1. The van der Waals surface area contributed by atoms with Gasteiger partial charge in [0.1, 0.15) is 0 Å². The average Bonchev–Trinajstić information content (AvgIpc) is 2.21. The van der Waals surface area contributed by atoms with E-state index in [1.807, 2.05) is 0 Å². The quantitative estimate of drug-likeness (QED) is 0.757. The van der Waals surface area contributed by atoms with Crippen molar-refractivity contribution in [3.8, 4) is 0 Å². The molecule has 1 aromatic rings. The highest BCUT2D eigenvalue weighted by Crippen LogP contribution is 2.12. The SMILES string of the molecule is C=CC(=O)NC(=O)Nc1ccc(Cl)cc1. The van der Waals surface area contributed by atoms with Gasteiger partial charge in [-0.2, -0.15) is 0 Å². The molecule has 1 rings (SSSR count).